The van der Waals surface area contributed by atoms with Gasteiger partial charge in [-0.25, -0.2) is 4.79 Å². The number of pyridine rings is 1. The van der Waals surface area contributed by atoms with E-state index in [0.717, 1.165) is 11.1 Å². The van der Waals surface area contributed by atoms with Gasteiger partial charge < -0.3 is 9.14 Å². The van der Waals surface area contributed by atoms with E-state index in [9.17, 15) is 4.79 Å². The van der Waals surface area contributed by atoms with Crippen LogP contribution in [0.1, 0.15) is 15.9 Å². The van der Waals surface area contributed by atoms with E-state index in [-0.39, 0.29) is 5.97 Å². The Morgan fingerprint density at radius 2 is 2.07 bits per heavy atom. The van der Waals surface area contributed by atoms with E-state index >= 15 is 0 Å². The average Bonchev–Trinajstić information content (AvgIpc) is 2.59. The molecule has 0 radical (unpaired) electrons. The van der Waals surface area contributed by atoms with Gasteiger partial charge in [0, 0.05) is 17.9 Å². The van der Waals surface area contributed by atoms with Crippen LogP contribution in [-0.2, 0) is 4.74 Å². The maximum Gasteiger partial charge on any atom is 0.337 e. The molecule has 0 aliphatic heterocycles. The molecule has 0 amide bonds. The van der Waals surface area contributed by atoms with Gasteiger partial charge in [-0.3, -0.25) is 0 Å². The van der Waals surface area contributed by atoms with Gasteiger partial charge in [-0.05, 0) is 30.7 Å². The Morgan fingerprint density at radius 3 is 2.79 bits per heavy atom. The molecule has 0 aliphatic carbocycles. The lowest BCUT2D eigenvalue weighted by Crippen LogP contribution is -2.01. The molecule has 14 heavy (non-hydrogen) atoms. The fourth-order valence-corrected chi connectivity index (χ4v) is 1.48. The normalized spacial score (nSPS) is 10.4. The van der Waals surface area contributed by atoms with Crippen molar-refractivity contribution in [1.29, 1.82) is 0 Å². The van der Waals surface area contributed by atoms with E-state index in [0.29, 0.717) is 5.56 Å². The van der Waals surface area contributed by atoms with Crippen molar-refractivity contribution in [3.63, 3.8) is 0 Å². The van der Waals surface area contributed by atoms with Crippen molar-refractivity contribution in [2.45, 2.75) is 6.92 Å². The molecule has 2 rings (SSSR count). The van der Waals surface area contributed by atoms with E-state index in [2.05, 4.69) is 4.74 Å². The van der Waals surface area contributed by atoms with Crippen LogP contribution in [0.4, 0.5) is 0 Å². The van der Waals surface area contributed by atoms with Crippen molar-refractivity contribution in [1.82, 2.24) is 4.40 Å². The summed E-state index contributed by atoms with van der Waals surface area (Å²) in [5.41, 5.74) is 2.77. The molecule has 0 saturated heterocycles. The lowest BCUT2D eigenvalue weighted by atomic mass is 10.2. The first kappa shape index (κ1) is 8.81. The lowest BCUT2D eigenvalue weighted by molar-refractivity contribution is 0.0601. The molecule has 0 spiro atoms. The SMILES string of the molecule is COC(=O)c1ccn2ccc(C)c2c1. The number of esters is 1. The van der Waals surface area contributed by atoms with Crippen molar-refractivity contribution in [2.75, 3.05) is 7.11 Å². The van der Waals surface area contributed by atoms with Crippen LogP contribution >= 0.6 is 0 Å². The summed E-state index contributed by atoms with van der Waals surface area (Å²) < 4.78 is 6.63. The fourth-order valence-electron chi connectivity index (χ4n) is 1.48. The van der Waals surface area contributed by atoms with Gasteiger partial charge in [0.25, 0.3) is 0 Å². The van der Waals surface area contributed by atoms with Crippen molar-refractivity contribution >= 4 is 11.5 Å². The van der Waals surface area contributed by atoms with Crippen molar-refractivity contribution in [3.8, 4) is 0 Å². The van der Waals surface area contributed by atoms with Crippen LogP contribution in [0, 0.1) is 6.92 Å². The number of hydrogen-bond acceptors (Lipinski definition) is 2. The maximum atomic E-state index is 11.3. The number of ether oxygens (including phenoxy) is 1. The van der Waals surface area contributed by atoms with E-state index in [1.165, 1.54) is 7.11 Å². The van der Waals surface area contributed by atoms with Gasteiger partial charge in [0.15, 0.2) is 0 Å². The lowest BCUT2D eigenvalue weighted by Gasteiger charge is -2.01. The van der Waals surface area contributed by atoms with Gasteiger partial charge in [0.05, 0.1) is 12.7 Å². The summed E-state index contributed by atoms with van der Waals surface area (Å²) in [5, 5.41) is 0. The molecule has 0 aromatic carbocycles. The minimum atomic E-state index is -0.298. The number of nitrogens with zero attached hydrogens (tertiary/aromatic N) is 1. The first-order valence-electron chi connectivity index (χ1n) is 4.38. The zero-order valence-electron chi connectivity index (χ0n) is 8.15. The number of aromatic nitrogens is 1. The largest absolute Gasteiger partial charge is 0.465 e. The fraction of sp³-hybridized carbons (Fsp3) is 0.182. The summed E-state index contributed by atoms with van der Waals surface area (Å²) in [7, 11) is 1.39. The van der Waals surface area contributed by atoms with Crippen LogP contribution in [0.5, 0.6) is 0 Å². The molecular weight excluding hydrogens is 178 g/mol. The zero-order chi connectivity index (χ0) is 10.1. The second-order valence-electron chi connectivity index (χ2n) is 3.20. The quantitative estimate of drug-likeness (QED) is 0.643. The molecule has 2 aromatic heterocycles. The number of aryl methyl sites for hydroxylation is 1. The molecule has 0 saturated carbocycles. The first-order chi connectivity index (χ1) is 6.72. The third kappa shape index (κ3) is 1.27. The Labute approximate surface area is 81.9 Å². The van der Waals surface area contributed by atoms with Crippen LogP contribution in [0.2, 0.25) is 0 Å². The molecule has 0 unspecified atom stereocenters. The van der Waals surface area contributed by atoms with E-state index in [4.69, 9.17) is 0 Å². The monoisotopic (exact) mass is 189 g/mol. The van der Waals surface area contributed by atoms with Crippen molar-refractivity contribution in [3.05, 3.63) is 41.7 Å². The number of fused-ring (bicyclic) bond motifs is 1. The predicted molar refractivity (Wildman–Crippen MR) is 53.5 cm³/mol. The number of carbonyl (C=O) groups is 1. The highest BCUT2D eigenvalue weighted by atomic mass is 16.5. The van der Waals surface area contributed by atoms with Gasteiger partial charge in [0.1, 0.15) is 0 Å². The topological polar surface area (TPSA) is 30.7 Å². The van der Waals surface area contributed by atoms with Crippen LogP contribution in [0.25, 0.3) is 5.52 Å². The Kier molecular flexibility index (Phi) is 2.00. The van der Waals surface area contributed by atoms with Gasteiger partial charge in [0.2, 0.25) is 0 Å². The van der Waals surface area contributed by atoms with E-state index in [1.54, 1.807) is 6.07 Å². The third-order valence-electron chi connectivity index (χ3n) is 2.30. The molecule has 0 bridgehead atoms. The molecule has 0 N–H and O–H groups in total. The summed E-state index contributed by atoms with van der Waals surface area (Å²) in [6, 6.07) is 5.59. The Bertz CT molecular complexity index is 485. The Hall–Kier alpha value is -1.77. The molecule has 0 fully saturated rings. The second-order valence-corrected chi connectivity index (χ2v) is 3.20. The highest BCUT2D eigenvalue weighted by molar-refractivity contribution is 5.90. The molecule has 2 aromatic rings. The standard InChI is InChI=1S/C11H11NO2/c1-8-3-5-12-6-4-9(7-10(8)12)11(13)14-2/h3-7H,1-2H3. The molecule has 2 heterocycles. The predicted octanol–water partition coefficient (Wildman–Crippen LogP) is 2.03. The number of methoxy groups -OCH3 is 1. The average molecular weight is 189 g/mol. The molecule has 72 valence electrons. The minimum absolute atomic E-state index is 0.298. The third-order valence-corrected chi connectivity index (χ3v) is 2.30. The van der Waals surface area contributed by atoms with Gasteiger partial charge in [-0.1, -0.05) is 0 Å². The molecule has 0 aliphatic rings. The molecule has 3 nitrogen and oxygen atoms in total. The smallest absolute Gasteiger partial charge is 0.337 e. The Balaban J connectivity index is 2.60. The van der Waals surface area contributed by atoms with Crippen LogP contribution < -0.4 is 0 Å². The minimum Gasteiger partial charge on any atom is -0.465 e. The zero-order valence-corrected chi connectivity index (χ0v) is 8.15. The van der Waals surface area contributed by atoms with Crippen molar-refractivity contribution in [2.24, 2.45) is 0 Å². The Morgan fingerprint density at radius 1 is 1.36 bits per heavy atom. The highest BCUT2D eigenvalue weighted by Crippen LogP contribution is 2.13. The van der Waals surface area contributed by atoms with Gasteiger partial charge in [-0.2, -0.15) is 0 Å². The molecular formula is C11H11NO2. The number of hydrogen-bond donors (Lipinski definition) is 0. The highest BCUT2D eigenvalue weighted by Gasteiger charge is 2.06. The van der Waals surface area contributed by atoms with Crippen LogP contribution in [0.15, 0.2) is 30.6 Å². The summed E-state index contributed by atoms with van der Waals surface area (Å²) in [6.07, 6.45) is 3.82. The van der Waals surface area contributed by atoms with Gasteiger partial charge in [-0.15, -0.1) is 0 Å². The summed E-state index contributed by atoms with van der Waals surface area (Å²) >= 11 is 0. The summed E-state index contributed by atoms with van der Waals surface area (Å²) in [4.78, 5) is 11.3. The van der Waals surface area contributed by atoms with E-state index < -0.39 is 0 Å². The summed E-state index contributed by atoms with van der Waals surface area (Å²) in [5.74, 6) is -0.298. The molecule has 0 atom stereocenters. The van der Waals surface area contributed by atoms with Crippen LogP contribution in [-0.4, -0.2) is 17.5 Å². The second kappa shape index (κ2) is 3.18. The molecule has 3 heteroatoms. The number of carbonyl (C=O) groups excluding carboxylic acids is 1. The van der Waals surface area contributed by atoms with Crippen molar-refractivity contribution < 1.29 is 9.53 Å². The maximum absolute atomic E-state index is 11.3. The van der Waals surface area contributed by atoms with Gasteiger partial charge >= 0.3 is 5.97 Å². The summed E-state index contributed by atoms with van der Waals surface area (Å²) in [6.45, 7) is 2.01. The van der Waals surface area contributed by atoms with Crippen LogP contribution in [0.3, 0.4) is 0 Å². The van der Waals surface area contributed by atoms with E-state index in [1.807, 2.05) is 35.9 Å². The number of rotatable bonds is 1. The first-order valence-corrected chi connectivity index (χ1v) is 4.38.